The maximum atomic E-state index is 12.1. The number of benzene rings is 2. The maximum Gasteiger partial charge on any atom is 0.269 e. The molecule has 0 saturated heterocycles. The molecule has 2 N–H and O–H groups in total. The van der Waals surface area contributed by atoms with Gasteiger partial charge < -0.3 is 4.74 Å². The van der Waals surface area contributed by atoms with Crippen molar-refractivity contribution in [3.8, 4) is 5.75 Å². The second-order valence-corrected chi connectivity index (χ2v) is 7.42. The molecule has 0 unspecified atom stereocenters. The lowest BCUT2D eigenvalue weighted by Crippen LogP contribution is -2.41. The number of amides is 2. The van der Waals surface area contributed by atoms with Gasteiger partial charge in [-0.15, -0.1) is 0 Å². The van der Waals surface area contributed by atoms with Crippen LogP contribution < -0.4 is 15.6 Å². The van der Waals surface area contributed by atoms with Crippen LogP contribution in [-0.4, -0.2) is 45.5 Å². The van der Waals surface area contributed by atoms with Crippen molar-refractivity contribution in [1.29, 1.82) is 0 Å². The Morgan fingerprint density at radius 3 is 1.82 bits per heavy atom. The molecule has 0 saturated carbocycles. The van der Waals surface area contributed by atoms with Crippen LogP contribution in [0.15, 0.2) is 53.4 Å². The first kappa shape index (κ1) is 21.4. The molecular weight excluding hydrogens is 386 g/mol. The van der Waals surface area contributed by atoms with E-state index in [2.05, 4.69) is 15.7 Å². The Balaban J connectivity index is 1.98. The Hall–Kier alpha value is -2.95. The van der Waals surface area contributed by atoms with E-state index in [1.165, 1.54) is 38.4 Å². The van der Waals surface area contributed by atoms with Gasteiger partial charge in [-0.05, 0) is 55.5 Å². The first-order valence-electron chi connectivity index (χ1n) is 8.26. The lowest BCUT2D eigenvalue weighted by molar-refractivity contribution is -0.0258. The van der Waals surface area contributed by atoms with E-state index < -0.39 is 21.8 Å². The Labute approximate surface area is 163 Å². The minimum Gasteiger partial charge on any atom is -0.494 e. The van der Waals surface area contributed by atoms with E-state index in [1.54, 1.807) is 24.3 Å². The fraction of sp³-hybridized carbons (Fsp3) is 0.222. The summed E-state index contributed by atoms with van der Waals surface area (Å²) in [6.07, 6.45) is 0. The van der Waals surface area contributed by atoms with Crippen molar-refractivity contribution in [1.82, 2.24) is 15.3 Å². The van der Waals surface area contributed by atoms with Crippen molar-refractivity contribution in [3.05, 3.63) is 59.7 Å². The predicted molar refractivity (Wildman–Crippen MR) is 101 cm³/mol. The van der Waals surface area contributed by atoms with Crippen molar-refractivity contribution < 1.29 is 27.6 Å². The number of rotatable bonds is 7. The van der Waals surface area contributed by atoms with E-state index in [4.69, 9.17) is 4.74 Å². The largest absolute Gasteiger partial charge is 0.494 e. The highest BCUT2D eigenvalue weighted by atomic mass is 32.2. The van der Waals surface area contributed by atoms with Gasteiger partial charge in [-0.3, -0.25) is 25.3 Å². The Kier molecular flexibility index (Phi) is 7.10. The van der Waals surface area contributed by atoms with E-state index in [9.17, 15) is 18.0 Å². The van der Waals surface area contributed by atoms with Gasteiger partial charge in [0, 0.05) is 18.2 Å². The van der Waals surface area contributed by atoms with E-state index >= 15 is 0 Å². The van der Waals surface area contributed by atoms with Crippen LogP contribution in [0.4, 0.5) is 0 Å². The number of hydroxylamine groups is 1. The van der Waals surface area contributed by atoms with Crippen LogP contribution in [0.25, 0.3) is 0 Å². The Bertz CT molecular complexity index is 927. The van der Waals surface area contributed by atoms with Crippen LogP contribution in [0.1, 0.15) is 27.6 Å². The summed E-state index contributed by atoms with van der Waals surface area (Å²) in [7, 11) is -1.32. The maximum absolute atomic E-state index is 12.1. The molecule has 2 aromatic rings. The van der Waals surface area contributed by atoms with Crippen LogP contribution in [0.2, 0.25) is 0 Å². The standard InChI is InChI=1S/C18H21N3O6S/c1-4-27-15-9-5-13(6-10-15)17(22)19-20-18(23)14-7-11-16(12-8-14)28(24,25)21(2)26-3/h5-12H,4H2,1-3H3,(H,19,22)(H,20,23). The lowest BCUT2D eigenvalue weighted by Gasteiger charge is -2.14. The molecule has 28 heavy (non-hydrogen) atoms. The quantitative estimate of drug-likeness (QED) is 0.670. The molecule has 0 heterocycles. The van der Waals surface area contributed by atoms with Crippen LogP contribution in [0.3, 0.4) is 0 Å². The van der Waals surface area contributed by atoms with Crippen LogP contribution in [0, 0.1) is 0 Å². The molecule has 0 atom stereocenters. The monoisotopic (exact) mass is 407 g/mol. The van der Waals surface area contributed by atoms with Gasteiger partial charge in [0.2, 0.25) is 0 Å². The average molecular weight is 407 g/mol. The smallest absolute Gasteiger partial charge is 0.269 e. The molecule has 0 radical (unpaired) electrons. The number of hydrazine groups is 1. The van der Waals surface area contributed by atoms with Gasteiger partial charge in [-0.1, -0.05) is 4.47 Å². The summed E-state index contributed by atoms with van der Waals surface area (Å²) in [5.74, 6) is -0.460. The topological polar surface area (TPSA) is 114 Å². The molecule has 0 aliphatic rings. The minimum absolute atomic E-state index is 0.0353. The summed E-state index contributed by atoms with van der Waals surface area (Å²) in [4.78, 5) is 28.9. The molecule has 0 aliphatic carbocycles. The summed E-state index contributed by atoms with van der Waals surface area (Å²) < 4.78 is 30.2. The summed E-state index contributed by atoms with van der Waals surface area (Å²) in [5.41, 5.74) is 5.08. The third-order valence-electron chi connectivity index (χ3n) is 3.73. The number of ether oxygens (including phenoxy) is 1. The number of nitrogens with zero attached hydrogens (tertiary/aromatic N) is 1. The molecule has 10 heteroatoms. The summed E-state index contributed by atoms with van der Waals surface area (Å²) in [6.45, 7) is 2.37. The van der Waals surface area contributed by atoms with E-state index in [1.807, 2.05) is 6.92 Å². The second-order valence-electron chi connectivity index (χ2n) is 5.49. The fourth-order valence-corrected chi connectivity index (χ4v) is 3.13. The zero-order chi connectivity index (χ0) is 20.7. The summed E-state index contributed by atoms with van der Waals surface area (Å²) in [6, 6.07) is 11.6. The number of nitrogens with one attached hydrogen (secondary N) is 2. The van der Waals surface area contributed by atoms with Crippen molar-refractivity contribution in [2.75, 3.05) is 20.8 Å². The molecule has 0 spiro atoms. The van der Waals surface area contributed by atoms with Crippen molar-refractivity contribution in [3.63, 3.8) is 0 Å². The molecule has 0 aliphatic heterocycles. The minimum atomic E-state index is -3.80. The summed E-state index contributed by atoms with van der Waals surface area (Å²) >= 11 is 0. The third kappa shape index (κ3) is 5.06. The van der Waals surface area contributed by atoms with Gasteiger partial charge in [0.05, 0.1) is 18.6 Å². The van der Waals surface area contributed by atoms with Crippen LogP contribution in [-0.2, 0) is 14.9 Å². The predicted octanol–water partition coefficient (Wildman–Crippen LogP) is 1.34. The first-order valence-corrected chi connectivity index (χ1v) is 9.70. The average Bonchev–Trinajstić information content (AvgIpc) is 2.71. The molecule has 150 valence electrons. The van der Waals surface area contributed by atoms with Crippen molar-refractivity contribution >= 4 is 21.8 Å². The third-order valence-corrected chi connectivity index (χ3v) is 5.42. The van der Waals surface area contributed by atoms with Crippen molar-refractivity contribution in [2.24, 2.45) is 0 Å². The van der Waals surface area contributed by atoms with Gasteiger partial charge in [0.25, 0.3) is 21.8 Å². The highest BCUT2D eigenvalue weighted by molar-refractivity contribution is 7.89. The molecule has 2 rings (SSSR count). The number of carbonyl (C=O) groups is 2. The van der Waals surface area contributed by atoms with E-state index in [0.29, 0.717) is 22.4 Å². The normalized spacial score (nSPS) is 11.1. The van der Waals surface area contributed by atoms with E-state index in [-0.39, 0.29) is 10.5 Å². The zero-order valence-electron chi connectivity index (χ0n) is 15.6. The highest BCUT2D eigenvalue weighted by Crippen LogP contribution is 2.15. The Morgan fingerprint density at radius 2 is 1.39 bits per heavy atom. The molecular formula is C18H21N3O6S. The molecule has 0 bridgehead atoms. The lowest BCUT2D eigenvalue weighted by atomic mass is 10.2. The second kappa shape index (κ2) is 9.31. The Morgan fingerprint density at radius 1 is 0.929 bits per heavy atom. The molecule has 2 aromatic carbocycles. The zero-order valence-corrected chi connectivity index (χ0v) is 16.4. The van der Waals surface area contributed by atoms with Gasteiger partial charge in [-0.25, -0.2) is 8.42 Å². The highest BCUT2D eigenvalue weighted by Gasteiger charge is 2.21. The number of hydrogen-bond acceptors (Lipinski definition) is 6. The number of carbonyl (C=O) groups excluding carboxylic acids is 2. The molecule has 0 fully saturated rings. The first-order chi connectivity index (χ1) is 13.3. The molecule has 0 aromatic heterocycles. The van der Waals surface area contributed by atoms with Crippen molar-refractivity contribution in [2.45, 2.75) is 11.8 Å². The number of sulfonamides is 1. The van der Waals surface area contributed by atoms with Gasteiger partial charge in [0.1, 0.15) is 5.75 Å². The summed E-state index contributed by atoms with van der Waals surface area (Å²) in [5, 5.41) is 0. The van der Waals surface area contributed by atoms with Crippen LogP contribution in [0.5, 0.6) is 5.75 Å². The molecule has 2 amide bonds. The number of hydrogen-bond donors (Lipinski definition) is 2. The van der Waals surface area contributed by atoms with Gasteiger partial charge >= 0.3 is 0 Å². The fourth-order valence-electron chi connectivity index (χ4n) is 2.15. The molecule has 9 nitrogen and oxygen atoms in total. The van der Waals surface area contributed by atoms with Crippen LogP contribution >= 0.6 is 0 Å². The SMILES string of the molecule is CCOc1ccc(C(=O)NNC(=O)c2ccc(S(=O)(=O)N(C)OC)cc2)cc1. The van der Waals surface area contributed by atoms with Gasteiger partial charge in [0.15, 0.2) is 0 Å². The van der Waals surface area contributed by atoms with Gasteiger partial charge in [-0.2, -0.15) is 0 Å². The van der Waals surface area contributed by atoms with E-state index in [0.717, 1.165) is 0 Å².